The molecular formula is C18H20N4O2. The van der Waals surface area contributed by atoms with Crippen LogP contribution in [0, 0.1) is 0 Å². The Balaban J connectivity index is 1.37. The lowest BCUT2D eigenvalue weighted by atomic mass is 10.2. The van der Waals surface area contributed by atoms with Crippen molar-refractivity contribution in [2.45, 2.75) is 19.2 Å². The molecule has 0 aliphatic carbocycles. The Morgan fingerprint density at radius 1 is 1.17 bits per heavy atom. The lowest BCUT2D eigenvalue weighted by Gasteiger charge is -2.32. The van der Waals surface area contributed by atoms with Crippen LogP contribution in [0.1, 0.15) is 5.76 Å². The Morgan fingerprint density at radius 3 is 2.92 bits per heavy atom. The third-order valence-electron chi connectivity index (χ3n) is 4.13. The molecule has 0 spiro atoms. The van der Waals surface area contributed by atoms with Crippen LogP contribution in [0.4, 0.5) is 0 Å². The van der Waals surface area contributed by atoms with Gasteiger partial charge in [0.05, 0.1) is 32.0 Å². The second-order valence-corrected chi connectivity index (χ2v) is 5.95. The number of nitrogens with zero attached hydrogens (tertiary/aromatic N) is 4. The lowest BCUT2D eigenvalue weighted by Crippen LogP contribution is -2.43. The first-order valence-corrected chi connectivity index (χ1v) is 8.18. The molecule has 3 heterocycles. The summed E-state index contributed by atoms with van der Waals surface area (Å²) in [6.45, 7) is 4.01. The summed E-state index contributed by atoms with van der Waals surface area (Å²) in [4.78, 5) is 6.73. The van der Waals surface area contributed by atoms with Gasteiger partial charge in [0.1, 0.15) is 5.76 Å². The summed E-state index contributed by atoms with van der Waals surface area (Å²) >= 11 is 0. The molecule has 1 fully saturated rings. The Kier molecular flexibility index (Phi) is 4.40. The molecule has 4 rings (SSSR count). The van der Waals surface area contributed by atoms with Crippen LogP contribution < -0.4 is 0 Å². The number of oxazole rings is 1. The van der Waals surface area contributed by atoms with E-state index in [2.05, 4.69) is 15.0 Å². The molecule has 1 unspecified atom stereocenters. The van der Waals surface area contributed by atoms with Crippen molar-refractivity contribution < 1.29 is 9.15 Å². The van der Waals surface area contributed by atoms with Gasteiger partial charge in [0.2, 0.25) is 5.89 Å². The number of aromatic nitrogens is 3. The predicted octanol–water partition coefficient (Wildman–Crippen LogP) is 2.44. The van der Waals surface area contributed by atoms with Crippen LogP contribution >= 0.6 is 0 Å². The van der Waals surface area contributed by atoms with Gasteiger partial charge in [-0.15, -0.1) is 0 Å². The quantitative estimate of drug-likeness (QED) is 0.721. The molecule has 6 heteroatoms. The Bertz CT molecular complexity index is 754. The number of hydrogen-bond acceptors (Lipinski definition) is 5. The van der Waals surface area contributed by atoms with E-state index in [0.29, 0.717) is 5.89 Å². The minimum absolute atomic E-state index is 0.148. The van der Waals surface area contributed by atoms with E-state index in [4.69, 9.17) is 9.15 Å². The highest BCUT2D eigenvalue weighted by Crippen LogP contribution is 2.20. The van der Waals surface area contributed by atoms with E-state index in [9.17, 15) is 0 Å². The molecule has 0 bridgehead atoms. The van der Waals surface area contributed by atoms with Crippen molar-refractivity contribution in [2.75, 3.05) is 19.7 Å². The van der Waals surface area contributed by atoms with Gasteiger partial charge in [-0.3, -0.25) is 9.58 Å². The lowest BCUT2D eigenvalue weighted by molar-refractivity contribution is -0.0417. The van der Waals surface area contributed by atoms with Crippen molar-refractivity contribution in [3.63, 3.8) is 0 Å². The van der Waals surface area contributed by atoms with Crippen LogP contribution in [0.25, 0.3) is 11.5 Å². The van der Waals surface area contributed by atoms with E-state index in [1.165, 1.54) is 0 Å². The molecule has 1 aliphatic heterocycles. The summed E-state index contributed by atoms with van der Waals surface area (Å²) in [5.74, 6) is 1.56. The normalized spacial score (nSPS) is 18.8. The van der Waals surface area contributed by atoms with E-state index in [-0.39, 0.29) is 6.10 Å². The van der Waals surface area contributed by atoms with E-state index in [1.807, 2.05) is 53.5 Å². The summed E-state index contributed by atoms with van der Waals surface area (Å²) < 4.78 is 13.7. The van der Waals surface area contributed by atoms with E-state index >= 15 is 0 Å². The molecular weight excluding hydrogens is 304 g/mol. The van der Waals surface area contributed by atoms with Gasteiger partial charge >= 0.3 is 0 Å². The topological polar surface area (TPSA) is 56.3 Å². The van der Waals surface area contributed by atoms with Crippen LogP contribution in [0.2, 0.25) is 0 Å². The fourth-order valence-corrected chi connectivity index (χ4v) is 2.97. The first-order valence-electron chi connectivity index (χ1n) is 8.18. The number of morpholine rings is 1. The van der Waals surface area contributed by atoms with Crippen molar-refractivity contribution in [3.8, 4) is 11.5 Å². The van der Waals surface area contributed by atoms with Crippen LogP contribution in [-0.2, 0) is 17.8 Å². The zero-order valence-corrected chi connectivity index (χ0v) is 13.4. The SMILES string of the molecule is c1ccc(-c2ncc(CN3CCOC(Cn4cccn4)C3)o2)cc1. The zero-order valence-electron chi connectivity index (χ0n) is 13.4. The van der Waals surface area contributed by atoms with E-state index in [0.717, 1.165) is 44.1 Å². The maximum absolute atomic E-state index is 5.90. The molecule has 2 aromatic heterocycles. The van der Waals surface area contributed by atoms with Crippen molar-refractivity contribution in [3.05, 3.63) is 60.7 Å². The zero-order chi connectivity index (χ0) is 16.2. The summed E-state index contributed by atoms with van der Waals surface area (Å²) in [6, 6.07) is 11.9. The van der Waals surface area contributed by atoms with E-state index < -0.39 is 0 Å². The Hall–Kier alpha value is -2.44. The predicted molar refractivity (Wildman–Crippen MR) is 89.2 cm³/mol. The summed E-state index contributed by atoms with van der Waals surface area (Å²) in [5.41, 5.74) is 1.00. The number of hydrogen-bond donors (Lipinski definition) is 0. The Morgan fingerprint density at radius 2 is 2.08 bits per heavy atom. The van der Waals surface area contributed by atoms with Gasteiger partial charge in [-0.25, -0.2) is 4.98 Å². The molecule has 6 nitrogen and oxygen atoms in total. The average Bonchev–Trinajstić information content (AvgIpc) is 3.28. The second kappa shape index (κ2) is 6.98. The van der Waals surface area contributed by atoms with Gasteiger partial charge < -0.3 is 9.15 Å². The largest absolute Gasteiger partial charge is 0.440 e. The fourth-order valence-electron chi connectivity index (χ4n) is 2.97. The summed E-state index contributed by atoms with van der Waals surface area (Å²) in [7, 11) is 0. The van der Waals surface area contributed by atoms with Crippen LogP contribution in [-0.4, -0.2) is 45.5 Å². The first kappa shape index (κ1) is 15.1. The molecule has 1 aliphatic rings. The highest BCUT2D eigenvalue weighted by atomic mass is 16.5. The smallest absolute Gasteiger partial charge is 0.226 e. The maximum atomic E-state index is 5.90. The number of benzene rings is 1. The van der Waals surface area contributed by atoms with Crippen LogP contribution in [0.15, 0.2) is 59.4 Å². The van der Waals surface area contributed by atoms with Crippen molar-refractivity contribution in [1.29, 1.82) is 0 Å². The van der Waals surface area contributed by atoms with Gasteiger partial charge in [-0.05, 0) is 18.2 Å². The third-order valence-corrected chi connectivity index (χ3v) is 4.13. The number of ether oxygens (including phenoxy) is 1. The molecule has 0 amide bonds. The van der Waals surface area contributed by atoms with Gasteiger partial charge in [-0.2, -0.15) is 5.10 Å². The highest BCUT2D eigenvalue weighted by molar-refractivity contribution is 5.52. The van der Waals surface area contributed by atoms with E-state index in [1.54, 1.807) is 6.20 Å². The molecule has 1 saturated heterocycles. The second-order valence-electron chi connectivity index (χ2n) is 5.95. The van der Waals surface area contributed by atoms with Crippen molar-refractivity contribution in [1.82, 2.24) is 19.7 Å². The molecule has 24 heavy (non-hydrogen) atoms. The molecule has 1 aromatic carbocycles. The Labute approximate surface area is 140 Å². The molecule has 1 atom stereocenters. The average molecular weight is 324 g/mol. The van der Waals surface area contributed by atoms with Crippen molar-refractivity contribution in [2.24, 2.45) is 0 Å². The minimum atomic E-state index is 0.148. The maximum Gasteiger partial charge on any atom is 0.226 e. The van der Waals surface area contributed by atoms with Crippen LogP contribution in [0.5, 0.6) is 0 Å². The highest BCUT2D eigenvalue weighted by Gasteiger charge is 2.22. The molecule has 0 radical (unpaired) electrons. The summed E-state index contributed by atoms with van der Waals surface area (Å²) in [5, 5.41) is 4.25. The van der Waals surface area contributed by atoms with Gasteiger partial charge in [0.25, 0.3) is 0 Å². The van der Waals surface area contributed by atoms with Gasteiger partial charge in [0, 0.05) is 31.0 Å². The standard InChI is InChI=1S/C18H20N4O2/c1-2-5-15(6-3-1)18-19-11-16(24-18)12-21-9-10-23-17(13-21)14-22-8-4-7-20-22/h1-8,11,17H,9-10,12-14H2. The van der Waals surface area contributed by atoms with Crippen LogP contribution in [0.3, 0.4) is 0 Å². The molecule has 0 saturated carbocycles. The number of rotatable bonds is 5. The van der Waals surface area contributed by atoms with Crippen molar-refractivity contribution >= 4 is 0 Å². The molecule has 3 aromatic rings. The third kappa shape index (κ3) is 3.55. The molecule has 0 N–H and O–H groups in total. The molecule has 124 valence electrons. The van der Waals surface area contributed by atoms with Gasteiger partial charge in [-0.1, -0.05) is 18.2 Å². The van der Waals surface area contributed by atoms with Gasteiger partial charge in [0.15, 0.2) is 0 Å². The monoisotopic (exact) mass is 324 g/mol. The summed E-state index contributed by atoms with van der Waals surface area (Å²) in [6.07, 6.45) is 5.72. The first-order chi connectivity index (χ1) is 11.9. The minimum Gasteiger partial charge on any atom is -0.440 e. The fraction of sp³-hybridized carbons (Fsp3) is 0.333.